The minimum atomic E-state index is -2.09. The van der Waals surface area contributed by atoms with Gasteiger partial charge in [0.2, 0.25) is 6.29 Å². The Morgan fingerprint density at radius 2 is 1.16 bits per heavy atom. The van der Waals surface area contributed by atoms with Gasteiger partial charge in [-0.15, -0.1) is 0 Å². The van der Waals surface area contributed by atoms with Crippen molar-refractivity contribution in [1.29, 1.82) is 0 Å². The Bertz CT molecular complexity index is 2710. The average Bonchev–Trinajstić information content (AvgIpc) is 0.677. The number of carbonyl (C=O) groups is 1. The molecule has 3 unspecified atom stereocenters. The van der Waals surface area contributed by atoms with E-state index in [2.05, 4.69) is 33.8 Å². The predicted molar refractivity (Wildman–Crippen MR) is 314 cm³/mol. The molecule has 33 nitrogen and oxygen atoms in total. The second kappa shape index (κ2) is 27.9. The molecule has 33 heteroatoms. The summed E-state index contributed by atoms with van der Waals surface area (Å²) in [7, 11) is 0. The first-order chi connectivity index (χ1) is 45.1. The first-order valence-electron chi connectivity index (χ1n) is 33.4. The monoisotopic (exact) mass is 1390 g/mol. The Morgan fingerprint density at radius 3 is 1.81 bits per heavy atom. The van der Waals surface area contributed by atoms with Gasteiger partial charge in [-0.1, -0.05) is 46.3 Å². The third-order valence-corrected chi connectivity index (χ3v) is 24.7. The average molecular weight is 1390 g/mol. The fourth-order valence-electron chi connectivity index (χ4n) is 18.8. The van der Waals surface area contributed by atoms with Crippen LogP contribution in [-0.4, -0.2) is 339 Å². The second-order valence-electron chi connectivity index (χ2n) is 30.7. The first-order valence-corrected chi connectivity index (χ1v) is 33.4. The van der Waals surface area contributed by atoms with Gasteiger partial charge in [-0.05, 0) is 97.7 Å². The Balaban J connectivity index is 0.793. The summed E-state index contributed by atoms with van der Waals surface area (Å²) in [4.78, 5) is 15.5. The quantitative estimate of drug-likeness (QED) is 0.0365. The van der Waals surface area contributed by atoms with E-state index in [4.69, 9.17) is 56.8 Å². The van der Waals surface area contributed by atoms with E-state index < -0.39 is 275 Å². The zero-order valence-corrected chi connectivity index (χ0v) is 54.5. The van der Waals surface area contributed by atoms with Crippen LogP contribution in [0.1, 0.15) is 92.9 Å². The third-order valence-electron chi connectivity index (χ3n) is 24.7. The van der Waals surface area contributed by atoms with Crippen LogP contribution in [0.3, 0.4) is 0 Å². The molecule has 0 radical (unpaired) electrons. The summed E-state index contributed by atoms with van der Waals surface area (Å²) >= 11 is 0. The second-order valence-corrected chi connectivity index (χ2v) is 30.7. The van der Waals surface area contributed by atoms with Crippen molar-refractivity contribution in [2.24, 2.45) is 50.2 Å². The van der Waals surface area contributed by atoms with E-state index in [0.717, 1.165) is 5.57 Å². The smallest absolute Gasteiger partial charge is 0.317 e. The summed E-state index contributed by atoms with van der Waals surface area (Å²) in [6.45, 7) is 6.34. The molecule has 5 aliphatic carbocycles. The predicted octanol–water partition coefficient (Wildman–Crippen LogP) is -7.55. The van der Waals surface area contributed by atoms with Gasteiger partial charge in [0.05, 0.1) is 77.3 Å². The Hall–Kier alpha value is -2.03. The van der Waals surface area contributed by atoms with Crippen molar-refractivity contribution in [1.82, 2.24) is 0 Å². The molecular formula is C63H102O33. The number of esters is 1. The number of fused-ring (bicyclic) bond motifs is 7. The molecule has 0 aromatic heterocycles. The number of allylic oxidation sites excluding steroid dienone is 2. The molecule has 4 saturated carbocycles. The fraction of sp³-hybridized carbons (Fsp3) is 0.952. The lowest BCUT2D eigenvalue weighted by Crippen LogP contribution is -2.71. The van der Waals surface area contributed by atoms with Crippen molar-refractivity contribution in [3.63, 3.8) is 0 Å². The van der Waals surface area contributed by atoms with Crippen molar-refractivity contribution in [2.75, 3.05) is 52.9 Å². The van der Waals surface area contributed by atoms with Crippen molar-refractivity contribution in [3.8, 4) is 0 Å². The van der Waals surface area contributed by atoms with Gasteiger partial charge >= 0.3 is 5.97 Å². The maximum absolute atomic E-state index is 15.5. The van der Waals surface area contributed by atoms with Crippen LogP contribution in [0.15, 0.2) is 11.6 Å². The summed E-state index contributed by atoms with van der Waals surface area (Å²) < 4.78 is 70.1. The molecule has 10 fully saturated rings. The Morgan fingerprint density at radius 1 is 0.552 bits per heavy atom. The van der Waals surface area contributed by atoms with Crippen molar-refractivity contribution >= 4 is 5.97 Å². The van der Waals surface area contributed by atoms with E-state index in [0.29, 0.717) is 32.1 Å². The van der Waals surface area contributed by atoms with Crippen LogP contribution in [0.2, 0.25) is 0 Å². The normalized spacial score (nSPS) is 54.0. The number of rotatable bonds is 17. The molecule has 0 aromatic rings. The van der Waals surface area contributed by atoms with Gasteiger partial charge in [-0.2, -0.15) is 0 Å². The van der Waals surface area contributed by atoms with Gasteiger partial charge in [0.15, 0.2) is 37.6 Å². The van der Waals surface area contributed by atoms with Crippen LogP contribution in [-0.2, 0) is 61.6 Å². The molecule has 0 aromatic carbocycles. The molecule has 20 N–H and O–H groups in total. The summed E-state index contributed by atoms with van der Waals surface area (Å²) in [5, 5.41) is 221. The minimum Gasteiger partial charge on any atom is -0.432 e. The summed E-state index contributed by atoms with van der Waals surface area (Å²) in [6, 6.07) is 0. The SMILES string of the molecule is C[C@@H]1O[C@@H](O[C@H]2[C@H](OC(=O)[C@]34CCC(C)(C)C[C@H]3C3=CC[C@H]5C(C)(CC[C@H]6C(CO)(CO)[C@@H](O[C@@H]7O[C@H](CO[C@@H]8O[C@H](CO)[C@@H](O)[C@H](O)[C@H]8O)[C@@H](O)[C@H](O)[C@H]7O)[C@@H](O)C[C@@]65C)C3(C)CC4O)OC[C@H](O)[C@@H]2O)[C@H](O)[C@H](O)[C@H]1O[C@@H]1OC[C@@H](O)[C@H](O[C@@H]2OC[C@](O)(CO)[C@H]2O)[C@H]1O. The highest BCUT2D eigenvalue weighted by molar-refractivity contribution is 5.80. The molecule has 36 atom stereocenters. The lowest BCUT2D eigenvalue weighted by atomic mass is 9.33. The van der Waals surface area contributed by atoms with Crippen molar-refractivity contribution in [2.45, 2.75) is 271 Å². The van der Waals surface area contributed by atoms with E-state index in [1.807, 2.05) is 6.92 Å². The van der Waals surface area contributed by atoms with Crippen LogP contribution < -0.4 is 0 Å². The largest absolute Gasteiger partial charge is 0.432 e. The number of aliphatic hydroxyl groups excluding tert-OH is 19. The van der Waals surface area contributed by atoms with Gasteiger partial charge in [-0.3, -0.25) is 4.79 Å². The number of hydrogen-bond acceptors (Lipinski definition) is 33. The maximum atomic E-state index is 15.5. The molecule has 0 spiro atoms. The third kappa shape index (κ3) is 12.4. The molecule has 96 heavy (non-hydrogen) atoms. The minimum absolute atomic E-state index is 0.0176. The van der Waals surface area contributed by atoms with Crippen molar-refractivity contribution in [3.05, 3.63) is 11.6 Å². The van der Waals surface area contributed by atoms with E-state index in [9.17, 15) is 102 Å². The van der Waals surface area contributed by atoms with E-state index >= 15 is 4.79 Å². The van der Waals surface area contributed by atoms with Gasteiger partial charge in [0.1, 0.15) is 115 Å². The zero-order chi connectivity index (χ0) is 70.1. The first kappa shape index (κ1) is 75.1. The molecule has 6 heterocycles. The molecule has 552 valence electrons. The van der Waals surface area contributed by atoms with Gasteiger partial charge in [0, 0.05) is 5.41 Å². The number of carbonyl (C=O) groups excluding carboxylic acids is 1. The van der Waals surface area contributed by atoms with Crippen LogP contribution >= 0.6 is 0 Å². The van der Waals surface area contributed by atoms with Gasteiger partial charge in [0.25, 0.3) is 0 Å². The van der Waals surface area contributed by atoms with Gasteiger partial charge < -0.3 is 159 Å². The summed E-state index contributed by atoms with van der Waals surface area (Å²) in [6.07, 6.45) is -43.1. The Labute approximate surface area is 553 Å². The topological polar surface area (TPSA) is 532 Å². The molecule has 6 aliphatic heterocycles. The molecule has 11 aliphatic rings. The maximum Gasteiger partial charge on any atom is 0.317 e. The number of aliphatic hydroxyl groups is 20. The summed E-state index contributed by atoms with van der Waals surface area (Å²) in [5.74, 6) is -2.50. The van der Waals surface area contributed by atoms with E-state index in [-0.39, 0.29) is 30.6 Å². The van der Waals surface area contributed by atoms with Crippen LogP contribution in [0.25, 0.3) is 0 Å². The number of ether oxygens (including phenoxy) is 12. The molecule has 11 rings (SSSR count). The molecular weight excluding hydrogens is 1280 g/mol. The zero-order valence-electron chi connectivity index (χ0n) is 54.5. The summed E-state index contributed by atoms with van der Waals surface area (Å²) in [5.41, 5.74) is -7.34. The fourth-order valence-corrected chi connectivity index (χ4v) is 18.8. The molecule has 6 saturated heterocycles. The molecule has 0 bridgehead atoms. The van der Waals surface area contributed by atoms with E-state index in [1.54, 1.807) is 0 Å². The van der Waals surface area contributed by atoms with Gasteiger partial charge in [-0.25, -0.2) is 0 Å². The highest BCUT2D eigenvalue weighted by Crippen LogP contribution is 2.76. The lowest BCUT2D eigenvalue weighted by Gasteiger charge is -2.72. The van der Waals surface area contributed by atoms with Crippen molar-refractivity contribution < 1.29 is 164 Å². The van der Waals surface area contributed by atoms with E-state index in [1.165, 1.54) is 6.92 Å². The van der Waals surface area contributed by atoms with Crippen LogP contribution in [0, 0.1) is 50.2 Å². The van der Waals surface area contributed by atoms with Crippen LogP contribution in [0.5, 0.6) is 0 Å². The Kier molecular flexibility index (Phi) is 21.8. The van der Waals surface area contributed by atoms with Crippen LogP contribution in [0.4, 0.5) is 0 Å². The lowest BCUT2D eigenvalue weighted by molar-refractivity contribution is -0.372. The number of hydrogen-bond donors (Lipinski definition) is 20. The standard InChI is InChI=1S/C63H102O33/c1-24-45(92-51-44(81)46(29(70)18-85-51)93-55-48(82)62(84,22-67)23-88-55)40(77)43(80)52(89-24)94-47-35(72)28(69)17-86-54(47)96-56(83)63-12-11-57(2,3)13-26(63)25-7-8-32-58(4)14-27(68)49(61(20-65,21-66)33(58)9-10-59(32,5)60(25,6)15-34(63)71)95-53-42(79)39(76)37(74)31(91-53)19-87-50-41(78)38(75)36(73)30(16-64)90-50/h7,24,26-55,64-82,84H,8-23H2,1-6H3/t24-,26-,27-,28-,29+,30+,31+,32+,33+,34?,35-,36+,37+,38-,39-,40-,41+,42+,43+,44+,45-,46-,47+,48-,49-,50+,51-,52-,53-,54-,55-,58+,59?,60?,62+,63+/m0/s1. The highest BCUT2D eigenvalue weighted by atomic mass is 16.8. The molecule has 0 amide bonds. The highest BCUT2D eigenvalue weighted by Gasteiger charge is 2.74.